The molecule has 0 aliphatic heterocycles. The first-order valence-corrected chi connectivity index (χ1v) is 3.87. The van der Waals surface area contributed by atoms with Crippen molar-refractivity contribution >= 4 is 0 Å². The summed E-state index contributed by atoms with van der Waals surface area (Å²) in [5.41, 5.74) is -0.295. The highest BCUT2D eigenvalue weighted by Gasteiger charge is 2.31. The second-order valence-corrected chi connectivity index (χ2v) is 2.53. The van der Waals surface area contributed by atoms with E-state index in [4.69, 9.17) is 4.74 Å². The average molecular weight is 193 g/mol. The Morgan fingerprint density at radius 2 is 2.08 bits per heavy atom. The standard InChI is InChI=1S/C8H10F3NO/c1-2-13-5-6-3-4-7(12-6)8(9,10)11/h3-4,12H,2,5H2,1H3. The Balaban J connectivity index is 2.64. The zero-order valence-electron chi connectivity index (χ0n) is 7.11. The molecule has 0 aromatic carbocycles. The maximum Gasteiger partial charge on any atom is 0.431 e. The van der Waals surface area contributed by atoms with Gasteiger partial charge < -0.3 is 9.72 Å². The lowest BCUT2D eigenvalue weighted by molar-refractivity contribution is -0.140. The van der Waals surface area contributed by atoms with E-state index in [-0.39, 0.29) is 6.61 Å². The van der Waals surface area contributed by atoms with Gasteiger partial charge in [0, 0.05) is 12.3 Å². The Morgan fingerprint density at radius 1 is 1.38 bits per heavy atom. The summed E-state index contributed by atoms with van der Waals surface area (Å²) in [6.45, 7) is 2.46. The van der Waals surface area contributed by atoms with E-state index >= 15 is 0 Å². The molecular weight excluding hydrogens is 183 g/mol. The lowest BCUT2D eigenvalue weighted by Crippen LogP contribution is -2.05. The molecule has 0 spiro atoms. The summed E-state index contributed by atoms with van der Waals surface area (Å²) < 4.78 is 41.1. The lowest BCUT2D eigenvalue weighted by Gasteiger charge is -2.02. The number of halogens is 3. The predicted octanol–water partition coefficient (Wildman–Crippen LogP) is 2.57. The van der Waals surface area contributed by atoms with Crippen LogP contribution in [-0.4, -0.2) is 11.6 Å². The van der Waals surface area contributed by atoms with Crippen LogP contribution in [0.25, 0.3) is 0 Å². The van der Waals surface area contributed by atoms with Gasteiger partial charge in [0.05, 0.1) is 6.61 Å². The number of hydrogen-bond donors (Lipinski definition) is 1. The van der Waals surface area contributed by atoms with Crippen molar-refractivity contribution in [2.75, 3.05) is 6.61 Å². The topological polar surface area (TPSA) is 25.0 Å². The second kappa shape index (κ2) is 3.83. The van der Waals surface area contributed by atoms with Gasteiger partial charge in [-0.2, -0.15) is 13.2 Å². The van der Waals surface area contributed by atoms with Gasteiger partial charge in [0.15, 0.2) is 0 Å². The number of rotatable bonds is 3. The van der Waals surface area contributed by atoms with Gasteiger partial charge in [0.2, 0.25) is 0 Å². The molecule has 1 aromatic heterocycles. The molecule has 1 rings (SSSR count). The normalized spacial score (nSPS) is 12.0. The third kappa shape index (κ3) is 2.77. The van der Waals surface area contributed by atoms with Crippen LogP contribution in [0.15, 0.2) is 12.1 Å². The summed E-state index contributed by atoms with van der Waals surface area (Å²) in [6.07, 6.45) is -4.30. The van der Waals surface area contributed by atoms with Crippen molar-refractivity contribution in [3.8, 4) is 0 Å². The number of alkyl halides is 3. The van der Waals surface area contributed by atoms with Crippen LogP contribution in [0.4, 0.5) is 13.2 Å². The molecule has 13 heavy (non-hydrogen) atoms. The highest BCUT2D eigenvalue weighted by molar-refractivity contribution is 5.14. The van der Waals surface area contributed by atoms with Crippen LogP contribution in [0.2, 0.25) is 0 Å². The van der Waals surface area contributed by atoms with Gasteiger partial charge in [-0.15, -0.1) is 0 Å². The zero-order chi connectivity index (χ0) is 9.90. The molecule has 0 unspecified atom stereocenters. The minimum absolute atomic E-state index is 0.187. The van der Waals surface area contributed by atoms with Crippen molar-refractivity contribution in [3.63, 3.8) is 0 Å². The lowest BCUT2D eigenvalue weighted by atomic mass is 10.4. The van der Waals surface area contributed by atoms with Crippen LogP contribution in [0.1, 0.15) is 18.3 Å². The minimum Gasteiger partial charge on any atom is -0.376 e. The number of aromatic nitrogens is 1. The van der Waals surface area contributed by atoms with Gasteiger partial charge in [-0.1, -0.05) is 0 Å². The summed E-state index contributed by atoms with van der Waals surface area (Å²) in [4.78, 5) is 2.24. The number of hydrogen-bond acceptors (Lipinski definition) is 1. The smallest absolute Gasteiger partial charge is 0.376 e. The Morgan fingerprint density at radius 3 is 2.54 bits per heavy atom. The van der Waals surface area contributed by atoms with Gasteiger partial charge in [-0.05, 0) is 19.1 Å². The monoisotopic (exact) mass is 193 g/mol. The van der Waals surface area contributed by atoms with E-state index in [0.29, 0.717) is 12.3 Å². The van der Waals surface area contributed by atoms with E-state index in [9.17, 15) is 13.2 Å². The van der Waals surface area contributed by atoms with Crippen molar-refractivity contribution in [3.05, 3.63) is 23.5 Å². The Bertz CT molecular complexity index is 267. The van der Waals surface area contributed by atoms with Gasteiger partial charge in [0.25, 0.3) is 0 Å². The molecule has 74 valence electrons. The highest BCUT2D eigenvalue weighted by Crippen LogP contribution is 2.28. The molecule has 0 atom stereocenters. The third-order valence-corrected chi connectivity index (χ3v) is 1.51. The maximum absolute atomic E-state index is 12.1. The molecule has 5 heteroatoms. The van der Waals surface area contributed by atoms with Crippen LogP contribution in [-0.2, 0) is 17.5 Å². The van der Waals surface area contributed by atoms with Crippen LogP contribution in [0.3, 0.4) is 0 Å². The fourth-order valence-corrected chi connectivity index (χ4v) is 0.902. The molecule has 0 bridgehead atoms. The van der Waals surface area contributed by atoms with E-state index in [1.807, 2.05) is 0 Å². The Labute approximate surface area is 73.7 Å². The zero-order valence-corrected chi connectivity index (χ0v) is 7.11. The molecule has 2 nitrogen and oxygen atoms in total. The van der Waals surface area contributed by atoms with Crippen LogP contribution in [0.5, 0.6) is 0 Å². The van der Waals surface area contributed by atoms with Crippen LogP contribution in [0, 0.1) is 0 Å². The summed E-state index contributed by atoms with van der Waals surface area (Å²) in [5.74, 6) is 0. The predicted molar refractivity (Wildman–Crippen MR) is 41.1 cm³/mol. The van der Waals surface area contributed by atoms with Crippen molar-refractivity contribution in [1.29, 1.82) is 0 Å². The summed E-state index contributed by atoms with van der Waals surface area (Å²) in [6, 6.07) is 2.38. The first-order valence-electron chi connectivity index (χ1n) is 3.87. The number of aromatic amines is 1. The van der Waals surface area contributed by atoms with Gasteiger partial charge >= 0.3 is 6.18 Å². The molecule has 0 saturated heterocycles. The third-order valence-electron chi connectivity index (χ3n) is 1.51. The molecule has 0 aliphatic rings. The minimum atomic E-state index is -4.30. The first-order chi connectivity index (χ1) is 6.04. The second-order valence-electron chi connectivity index (χ2n) is 2.53. The summed E-state index contributed by atoms with van der Waals surface area (Å²) >= 11 is 0. The van der Waals surface area contributed by atoms with Gasteiger partial charge in [-0.25, -0.2) is 0 Å². The largest absolute Gasteiger partial charge is 0.431 e. The number of nitrogens with one attached hydrogen (secondary N) is 1. The van der Waals surface area contributed by atoms with E-state index < -0.39 is 11.9 Å². The van der Waals surface area contributed by atoms with Crippen molar-refractivity contribution < 1.29 is 17.9 Å². The highest BCUT2D eigenvalue weighted by atomic mass is 19.4. The Hall–Kier alpha value is -0.970. The van der Waals surface area contributed by atoms with Crippen molar-refractivity contribution in [1.82, 2.24) is 4.98 Å². The molecule has 0 fully saturated rings. The quantitative estimate of drug-likeness (QED) is 0.784. The number of ether oxygens (including phenoxy) is 1. The Kier molecular flexibility index (Phi) is 2.98. The molecule has 0 aliphatic carbocycles. The molecule has 0 saturated carbocycles. The van der Waals surface area contributed by atoms with Crippen LogP contribution >= 0.6 is 0 Å². The fraction of sp³-hybridized carbons (Fsp3) is 0.500. The molecular formula is C8H10F3NO. The molecule has 0 amide bonds. The first kappa shape index (κ1) is 10.1. The average Bonchev–Trinajstić information content (AvgIpc) is 2.47. The van der Waals surface area contributed by atoms with E-state index in [2.05, 4.69) is 4.98 Å². The van der Waals surface area contributed by atoms with E-state index in [0.717, 1.165) is 6.07 Å². The van der Waals surface area contributed by atoms with Gasteiger partial charge in [0.1, 0.15) is 5.69 Å². The molecule has 1 aromatic rings. The van der Waals surface area contributed by atoms with E-state index in [1.165, 1.54) is 6.07 Å². The summed E-state index contributed by atoms with van der Waals surface area (Å²) in [5, 5.41) is 0. The van der Waals surface area contributed by atoms with Crippen molar-refractivity contribution in [2.24, 2.45) is 0 Å². The molecule has 0 radical (unpaired) electrons. The van der Waals surface area contributed by atoms with Gasteiger partial charge in [-0.3, -0.25) is 0 Å². The summed E-state index contributed by atoms with van der Waals surface area (Å²) in [7, 11) is 0. The SMILES string of the molecule is CCOCc1ccc(C(F)(F)F)[nH]1. The molecule has 1 N–H and O–H groups in total. The fourth-order valence-electron chi connectivity index (χ4n) is 0.902. The van der Waals surface area contributed by atoms with Crippen molar-refractivity contribution in [2.45, 2.75) is 19.7 Å². The maximum atomic E-state index is 12.1. The number of H-pyrrole nitrogens is 1. The molecule has 1 heterocycles. The van der Waals surface area contributed by atoms with Crippen LogP contribution < -0.4 is 0 Å². The van der Waals surface area contributed by atoms with E-state index in [1.54, 1.807) is 6.92 Å².